The Bertz CT molecular complexity index is 665. The molecule has 0 saturated carbocycles. The highest BCUT2D eigenvalue weighted by molar-refractivity contribution is 5.98. The molecule has 1 aliphatic rings. The molecular formula is C20H18O. The van der Waals surface area contributed by atoms with Crippen molar-refractivity contribution in [1.29, 1.82) is 0 Å². The predicted octanol–water partition coefficient (Wildman–Crippen LogP) is 4.76. The minimum atomic E-state index is 0.225. The Hall–Kier alpha value is -2.41. The summed E-state index contributed by atoms with van der Waals surface area (Å²) >= 11 is 0. The summed E-state index contributed by atoms with van der Waals surface area (Å²) in [5, 5.41) is 0. The number of ketones is 1. The molecule has 1 aliphatic carbocycles. The Balaban J connectivity index is 1.76. The fourth-order valence-electron chi connectivity index (χ4n) is 2.73. The fraction of sp³-hybridized carbons (Fsp3) is 0.150. The van der Waals surface area contributed by atoms with Gasteiger partial charge in [0, 0.05) is 6.42 Å². The maximum Gasteiger partial charge on any atom is 0.156 e. The third-order valence-electron chi connectivity index (χ3n) is 3.79. The van der Waals surface area contributed by atoms with Gasteiger partial charge in [-0.2, -0.15) is 0 Å². The fourth-order valence-corrected chi connectivity index (χ4v) is 2.73. The molecule has 0 aromatic heterocycles. The molecule has 1 nitrogen and oxygen atoms in total. The predicted molar refractivity (Wildman–Crippen MR) is 87.6 cm³/mol. The van der Waals surface area contributed by atoms with Gasteiger partial charge < -0.3 is 0 Å². The highest BCUT2D eigenvalue weighted by Gasteiger charge is 2.19. The first-order valence-corrected chi connectivity index (χ1v) is 7.33. The SMILES string of the molecule is O=C1C=C(c2ccccc2)C[C@H](/C=C/c2ccccc2)C1. The van der Waals surface area contributed by atoms with E-state index in [1.807, 2.05) is 42.5 Å². The molecular weight excluding hydrogens is 256 g/mol. The average Bonchev–Trinajstić information content (AvgIpc) is 2.54. The van der Waals surface area contributed by atoms with Crippen LogP contribution in [0.25, 0.3) is 11.6 Å². The third kappa shape index (κ3) is 3.57. The lowest BCUT2D eigenvalue weighted by molar-refractivity contribution is -0.115. The Morgan fingerprint density at radius 2 is 1.52 bits per heavy atom. The van der Waals surface area contributed by atoms with Crippen LogP contribution < -0.4 is 0 Å². The maximum atomic E-state index is 12.0. The van der Waals surface area contributed by atoms with E-state index in [0.717, 1.165) is 17.6 Å². The second-order valence-corrected chi connectivity index (χ2v) is 5.44. The Morgan fingerprint density at radius 3 is 2.24 bits per heavy atom. The van der Waals surface area contributed by atoms with Crippen LogP contribution in [0.15, 0.2) is 72.8 Å². The van der Waals surface area contributed by atoms with E-state index in [-0.39, 0.29) is 11.7 Å². The van der Waals surface area contributed by atoms with Crippen molar-refractivity contribution < 1.29 is 4.79 Å². The number of carbonyl (C=O) groups is 1. The first-order chi connectivity index (χ1) is 10.3. The van der Waals surface area contributed by atoms with E-state index >= 15 is 0 Å². The van der Waals surface area contributed by atoms with Crippen LogP contribution in [0.5, 0.6) is 0 Å². The Labute approximate surface area is 125 Å². The zero-order valence-electron chi connectivity index (χ0n) is 11.9. The van der Waals surface area contributed by atoms with E-state index in [4.69, 9.17) is 0 Å². The van der Waals surface area contributed by atoms with E-state index in [2.05, 4.69) is 36.4 Å². The van der Waals surface area contributed by atoms with Crippen LogP contribution in [0.1, 0.15) is 24.0 Å². The molecule has 0 radical (unpaired) electrons. The molecule has 3 rings (SSSR count). The molecule has 0 saturated heterocycles. The minimum Gasteiger partial charge on any atom is -0.295 e. The molecule has 0 heterocycles. The van der Waals surface area contributed by atoms with Crippen LogP contribution in [0.3, 0.4) is 0 Å². The van der Waals surface area contributed by atoms with Crippen molar-refractivity contribution in [2.24, 2.45) is 5.92 Å². The molecule has 0 unspecified atom stereocenters. The van der Waals surface area contributed by atoms with Gasteiger partial charge >= 0.3 is 0 Å². The van der Waals surface area contributed by atoms with Gasteiger partial charge in [-0.3, -0.25) is 4.79 Å². The number of allylic oxidation sites excluding steroid dienone is 3. The highest BCUT2D eigenvalue weighted by Crippen LogP contribution is 2.30. The van der Waals surface area contributed by atoms with Crippen LogP contribution in [0.2, 0.25) is 0 Å². The highest BCUT2D eigenvalue weighted by atomic mass is 16.1. The maximum absolute atomic E-state index is 12.0. The van der Waals surface area contributed by atoms with Gasteiger partial charge in [0.1, 0.15) is 0 Å². The van der Waals surface area contributed by atoms with Gasteiger partial charge in [-0.15, -0.1) is 0 Å². The largest absolute Gasteiger partial charge is 0.295 e. The zero-order chi connectivity index (χ0) is 14.5. The topological polar surface area (TPSA) is 17.1 Å². The summed E-state index contributed by atoms with van der Waals surface area (Å²) < 4.78 is 0. The second-order valence-electron chi connectivity index (χ2n) is 5.44. The minimum absolute atomic E-state index is 0.225. The van der Waals surface area contributed by atoms with Crippen molar-refractivity contribution in [3.05, 3.63) is 83.9 Å². The molecule has 104 valence electrons. The van der Waals surface area contributed by atoms with Gasteiger partial charge in [-0.25, -0.2) is 0 Å². The molecule has 1 atom stereocenters. The van der Waals surface area contributed by atoms with Gasteiger partial charge in [-0.1, -0.05) is 72.8 Å². The van der Waals surface area contributed by atoms with E-state index in [9.17, 15) is 4.79 Å². The summed E-state index contributed by atoms with van der Waals surface area (Å²) in [6, 6.07) is 20.4. The van der Waals surface area contributed by atoms with Gasteiger partial charge in [0.15, 0.2) is 5.78 Å². The lowest BCUT2D eigenvalue weighted by Gasteiger charge is -2.19. The van der Waals surface area contributed by atoms with Gasteiger partial charge in [0.2, 0.25) is 0 Å². The van der Waals surface area contributed by atoms with Crippen molar-refractivity contribution in [2.75, 3.05) is 0 Å². The van der Waals surface area contributed by atoms with E-state index < -0.39 is 0 Å². The number of hydrogen-bond donors (Lipinski definition) is 0. The zero-order valence-corrected chi connectivity index (χ0v) is 11.9. The smallest absolute Gasteiger partial charge is 0.156 e. The monoisotopic (exact) mass is 274 g/mol. The lowest BCUT2D eigenvalue weighted by atomic mass is 9.84. The molecule has 0 amide bonds. The first kappa shape index (κ1) is 13.6. The summed E-state index contributed by atoms with van der Waals surface area (Å²) in [5.41, 5.74) is 3.49. The van der Waals surface area contributed by atoms with Crippen LogP contribution in [-0.4, -0.2) is 5.78 Å². The number of rotatable bonds is 3. The quantitative estimate of drug-likeness (QED) is 0.788. The lowest BCUT2D eigenvalue weighted by Crippen LogP contribution is -2.11. The summed E-state index contributed by atoms with van der Waals surface area (Å²) in [6.07, 6.45) is 7.63. The molecule has 21 heavy (non-hydrogen) atoms. The van der Waals surface area contributed by atoms with Crippen LogP contribution in [-0.2, 0) is 4.79 Å². The van der Waals surface area contributed by atoms with Crippen molar-refractivity contribution in [3.63, 3.8) is 0 Å². The van der Waals surface area contributed by atoms with Crippen molar-refractivity contribution in [2.45, 2.75) is 12.8 Å². The Kier molecular flexibility index (Phi) is 4.11. The van der Waals surface area contributed by atoms with Crippen LogP contribution >= 0.6 is 0 Å². The summed E-state index contributed by atoms with van der Waals surface area (Å²) in [5.74, 6) is 0.515. The van der Waals surface area contributed by atoms with Gasteiger partial charge in [0.25, 0.3) is 0 Å². The van der Waals surface area contributed by atoms with Crippen LogP contribution in [0.4, 0.5) is 0 Å². The molecule has 1 heteroatoms. The first-order valence-electron chi connectivity index (χ1n) is 7.33. The molecule has 0 N–H and O–H groups in total. The number of benzene rings is 2. The number of hydrogen-bond acceptors (Lipinski definition) is 1. The van der Waals surface area contributed by atoms with Crippen LogP contribution in [0, 0.1) is 5.92 Å². The molecule has 2 aromatic rings. The van der Waals surface area contributed by atoms with Crippen molar-refractivity contribution in [3.8, 4) is 0 Å². The van der Waals surface area contributed by atoms with E-state index in [1.165, 1.54) is 5.56 Å². The van der Waals surface area contributed by atoms with E-state index in [1.54, 1.807) is 0 Å². The van der Waals surface area contributed by atoms with Gasteiger partial charge in [0.05, 0.1) is 0 Å². The molecule has 2 aromatic carbocycles. The molecule has 0 bridgehead atoms. The normalized spacial score (nSPS) is 18.8. The Morgan fingerprint density at radius 1 is 0.857 bits per heavy atom. The van der Waals surface area contributed by atoms with Gasteiger partial charge in [-0.05, 0) is 35.1 Å². The summed E-state index contributed by atoms with van der Waals surface area (Å²) in [7, 11) is 0. The van der Waals surface area contributed by atoms with E-state index in [0.29, 0.717) is 6.42 Å². The number of carbonyl (C=O) groups excluding carboxylic acids is 1. The van der Waals surface area contributed by atoms with Crippen molar-refractivity contribution in [1.82, 2.24) is 0 Å². The second kappa shape index (κ2) is 6.36. The molecule has 0 spiro atoms. The molecule has 0 fully saturated rings. The standard InChI is InChI=1S/C20H18O/c21-20-14-17(12-11-16-7-3-1-4-8-16)13-19(15-20)18-9-5-2-6-10-18/h1-12,15,17H,13-14H2/b12-11+/t17-/m0/s1. The molecule has 0 aliphatic heterocycles. The van der Waals surface area contributed by atoms with Crippen molar-refractivity contribution >= 4 is 17.4 Å². The third-order valence-corrected chi connectivity index (χ3v) is 3.79. The summed E-state index contributed by atoms with van der Waals surface area (Å²) in [6.45, 7) is 0. The summed E-state index contributed by atoms with van der Waals surface area (Å²) in [4.78, 5) is 12.0. The average molecular weight is 274 g/mol.